The summed E-state index contributed by atoms with van der Waals surface area (Å²) >= 11 is 2.83. The number of thiazole rings is 2. The van der Waals surface area contributed by atoms with Crippen molar-refractivity contribution in [1.82, 2.24) is 9.97 Å². The molecule has 4 nitrogen and oxygen atoms in total. The first-order valence-electron chi connectivity index (χ1n) is 4.20. The lowest BCUT2D eigenvalue weighted by atomic mass is 10.5. The molecule has 2 aromatic rings. The second kappa shape index (κ2) is 2.66. The molecule has 0 atom stereocenters. The van der Waals surface area contributed by atoms with Crippen LogP contribution in [-0.2, 0) is 9.84 Å². The maximum atomic E-state index is 12.0. The van der Waals surface area contributed by atoms with Gasteiger partial charge in [0.25, 0.3) is 0 Å². The summed E-state index contributed by atoms with van der Waals surface area (Å²) in [7, 11) is -3.42. The topological polar surface area (TPSA) is 59.9 Å². The maximum absolute atomic E-state index is 12.0. The standard InChI is InChI=1S/C8H6N2O2S3/c1-3-9-7-5(13-3)6-8(15(7,11)12)10-4(2)14-6/h1-2H3. The van der Waals surface area contributed by atoms with E-state index in [2.05, 4.69) is 9.97 Å². The first-order chi connectivity index (χ1) is 7.00. The molecule has 1 aliphatic heterocycles. The smallest absolute Gasteiger partial charge is 0.229 e. The summed E-state index contributed by atoms with van der Waals surface area (Å²) in [6, 6.07) is 0. The molecular weight excluding hydrogens is 252 g/mol. The summed E-state index contributed by atoms with van der Waals surface area (Å²) in [5, 5.41) is 1.94. The van der Waals surface area contributed by atoms with Crippen molar-refractivity contribution in [3.05, 3.63) is 10.0 Å². The number of sulfone groups is 1. The number of hydrogen-bond acceptors (Lipinski definition) is 6. The van der Waals surface area contributed by atoms with Crippen molar-refractivity contribution < 1.29 is 8.42 Å². The molecule has 0 aromatic carbocycles. The SMILES string of the molecule is Cc1nc2c(s1)-c1sc(C)nc1S2(=O)=O. The van der Waals surface area contributed by atoms with Crippen molar-refractivity contribution in [2.75, 3.05) is 0 Å². The molecule has 7 heteroatoms. The summed E-state index contributed by atoms with van der Waals surface area (Å²) in [5.41, 5.74) is 0. The molecular formula is C8H6N2O2S3. The first kappa shape index (κ1) is 9.44. The highest BCUT2D eigenvalue weighted by molar-refractivity contribution is 7.92. The van der Waals surface area contributed by atoms with E-state index in [1.165, 1.54) is 22.7 Å². The molecule has 0 N–H and O–H groups in total. The molecule has 0 spiro atoms. The maximum Gasteiger partial charge on any atom is 0.244 e. The van der Waals surface area contributed by atoms with Gasteiger partial charge in [-0.2, -0.15) is 0 Å². The van der Waals surface area contributed by atoms with E-state index in [0.717, 1.165) is 19.8 Å². The fraction of sp³-hybridized carbons (Fsp3) is 0.250. The molecule has 0 unspecified atom stereocenters. The Morgan fingerprint density at radius 1 is 0.933 bits per heavy atom. The fourth-order valence-corrected chi connectivity index (χ4v) is 5.86. The minimum absolute atomic E-state index is 0.193. The van der Waals surface area contributed by atoms with E-state index in [-0.39, 0.29) is 10.1 Å². The van der Waals surface area contributed by atoms with E-state index in [9.17, 15) is 8.42 Å². The fourth-order valence-electron chi connectivity index (χ4n) is 1.56. The molecule has 3 heterocycles. The summed E-state index contributed by atoms with van der Waals surface area (Å²) in [5.74, 6) is 0. The quantitative estimate of drug-likeness (QED) is 0.619. The van der Waals surface area contributed by atoms with Crippen molar-refractivity contribution in [3.63, 3.8) is 0 Å². The van der Waals surface area contributed by atoms with Crippen LogP contribution < -0.4 is 0 Å². The normalized spacial score (nSPS) is 16.4. The minimum Gasteiger partial charge on any atom is -0.229 e. The lowest BCUT2D eigenvalue weighted by molar-refractivity contribution is 0.592. The molecule has 1 aliphatic rings. The van der Waals surface area contributed by atoms with Gasteiger partial charge in [0.1, 0.15) is 0 Å². The second-order valence-corrected chi connectivity index (χ2v) is 7.42. The molecule has 0 saturated carbocycles. The third kappa shape index (κ3) is 1.08. The number of fused-ring (bicyclic) bond motifs is 3. The summed E-state index contributed by atoms with van der Waals surface area (Å²) < 4.78 is 24.0. The number of aryl methyl sites for hydroxylation is 2. The van der Waals surface area contributed by atoms with E-state index in [1.807, 2.05) is 13.8 Å². The van der Waals surface area contributed by atoms with Crippen LogP contribution in [0.1, 0.15) is 10.0 Å². The van der Waals surface area contributed by atoms with Crippen LogP contribution in [0.25, 0.3) is 9.75 Å². The van der Waals surface area contributed by atoms with Gasteiger partial charge in [-0.25, -0.2) is 18.4 Å². The van der Waals surface area contributed by atoms with Crippen molar-refractivity contribution in [1.29, 1.82) is 0 Å². The first-order valence-corrected chi connectivity index (χ1v) is 7.32. The molecule has 3 rings (SSSR count). The van der Waals surface area contributed by atoms with Crippen LogP contribution in [0, 0.1) is 13.8 Å². The van der Waals surface area contributed by atoms with Gasteiger partial charge in [-0.15, -0.1) is 22.7 Å². The highest BCUT2D eigenvalue weighted by Gasteiger charge is 2.39. The Hall–Kier alpha value is -0.790. The third-order valence-corrected chi connectivity index (χ3v) is 6.09. The Bertz CT molecular complexity index is 614. The Labute approximate surface area is 94.6 Å². The van der Waals surface area contributed by atoms with Crippen LogP contribution in [0.5, 0.6) is 0 Å². The van der Waals surface area contributed by atoms with Gasteiger partial charge in [-0.3, -0.25) is 0 Å². The van der Waals surface area contributed by atoms with Crippen LogP contribution in [0.4, 0.5) is 0 Å². The minimum atomic E-state index is -3.42. The average Bonchev–Trinajstić information content (AvgIpc) is 2.72. The Kier molecular flexibility index (Phi) is 1.67. The third-order valence-electron chi connectivity index (χ3n) is 2.12. The largest absolute Gasteiger partial charge is 0.244 e. The van der Waals surface area contributed by atoms with Crippen molar-refractivity contribution >= 4 is 32.5 Å². The molecule has 0 bridgehead atoms. The number of rotatable bonds is 0. The van der Waals surface area contributed by atoms with Crippen molar-refractivity contribution in [2.45, 2.75) is 23.9 Å². The second-order valence-electron chi connectivity index (χ2n) is 3.24. The van der Waals surface area contributed by atoms with Gasteiger partial charge in [-0.05, 0) is 13.8 Å². The molecule has 0 saturated heterocycles. The highest BCUT2D eigenvalue weighted by Crippen LogP contribution is 2.48. The Balaban J connectivity index is 2.49. The average molecular weight is 258 g/mol. The van der Waals surface area contributed by atoms with E-state index in [0.29, 0.717) is 0 Å². The predicted molar refractivity (Wildman–Crippen MR) is 58.1 cm³/mol. The molecule has 78 valence electrons. The summed E-state index contributed by atoms with van der Waals surface area (Å²) in [6.45, 7) is 3.62. The lowest BCUT2D eigenvalue weighted by Crippen LogP contribution is -1.99. The van der Waals surface area contributed by atoms with Crippen LogP contribution in [0.2, 0.25) is 0 Å². The number of nitrogens with zero attached hydrogens (tertiary/aromatic N) is 2. The van der Waals surface area contributed by atoms with Crippen LogP contribution in [0.15, 0.2) is 10.1 Å². The van der Waals surface area contributed by atoms with E-state index in [1.54, 1.807) is 0 Å². The van der Waals surface area contributed by atoms with Gasteiger partial charge < -0.3 is 0 Å². The monoisotopic (exact) mass is 258 g/mol. The zero-order chi connectivity index (χ0) is 10.8. The van der Waals surface area contributed by atoms with E-state index >= 15 is 0 Å². The Morgan fingerprint density at radius 3 is 1.73 bits per heavy atom. The zero-order valence-corrected chi connectivity index (χ0v) is 10.4. The van der Waals surface area contributed by atoms with E-state index < -0.39 is 9.84 Å². The van der Waals surface area contributed by atoms with Crippen LogP contribution >= 0.6 is 22.7 Å². The van der Waals surface area contributed by atoms with Crippen LogP contribution in [0.3, 0.4) is 0 Å². The van der Waals surface area contributed by atoms with Gasteiger partial charge in [0, 0.05) is 0 Å². The van der Waals surface area contributed by atoms with Crippen LogP contribution in [-0.4, -0.2) is 18.4 Å². The molecule has 0 amide bonds. The zero-order valence-electron chi connectivity index (χ0n) is 7.94. The van der Waals surface area contributed by atoms with Crippen molar-refractivity contribution in [3.8, 4) is 9.75 Å². The van der Waals surface area contributed by atoms with Gasteiger partial charge in [-0.1, -0.05) is 0 Å². The van der Waals surface area contributed by atoms with Crippen molar-refractivity contribution in [2.24, 2.45) is 0 Å². The molecule has 15 heavy (non-hydrogen) atoms. The predicted octanol–water partition coefficient (Wildman–Crippen LogP) is 2.03. The van der Waals surface area contributed by atoms with Gasteiger partial charge in [0.2, 0.25) is 9.84 Å². The molecule has 0 fully saturated rings. The molecule has 2 aromatic heterocycles. The van der Waals surface area contributed by atoms with Gasteiger partial charge >= 0.3 is 0 Å². The van der Waals surface area contributed by atoms with Gasteiger partial charge in [0.15, 0.2) is 10.1 Å². The Morgan fingerprint density at radius 2 is 1.33 bits per heavy atom. The summed E-state index contributed by atoms with van der Waals surface area (Å²) in [6.07, 6.45) is 0. The van der Waals surface area contributed by atoms with Gasteiger partial charge in [0.05, 0.1) is 19.8 Å². The molecule has 0 aliphatic carbocycles. The molecule has 0 radical (unpaired) electrons. The number of aromatic nitrogens is 2. The summed E-state index contributed by atoms with van der Waals surface area (Å²) in [4.78, 5) is 9.63. The highest BCUT2D eigenvalue weighted by atomic mass is 32.2. The lowest BCUT2D eigenvalue weighted by Gasteiger charge is -1.89. The van der Waals surface area contributed by atoms with E-state index in [4.69, 9.17) is 0 Å². The number of hydrogen-bond donors (Lipinski definition) is 0.